The molecule has 0 atom stereocenters. The molecular formula is C20H17N3O2S2. The van der Waals surface area contributed by atoms with Gasteiger partial charge in [0.2, 0.25) is 0 Å². The number of hydrogen-bond acceptors (Lipinski definition) is 6. The molecule has 27 heavy (non-hydrogen) atoms. The minimum atomic E-state index is -0.0292. The summed E-state index contributed by atoms with van der Waals surface area (Å²) in [5.41, 5.74) is 2.69. The first-order valence-electron chi connectivity index (χ1n) is 8.33. The normalized spacial score (nSPS) is 11.0. The lowest BCUT2D eigenvalue weighted by Gasteiger charge is -2.07. The van der Waals surface area contributed by atoms with Crippen molar-refractivity contribution < 1.29 is 4.74 Å². The van der Waals surface area contributed by atoms with E-state index in [4.69, 9.17) is 9.72 Å². The molecule has 0 fully saturated rings. The van der Waals surface area contributed by atoms with Crippen LogP contribution in [0.25, 0.3) is 21.5 Å². The number of aromatic nitrogens is 3. The number of nitrogens with zero attached hydrogens (tertiary/aromatic N) is 3. The van der Waals surface area contributed by atoms with Crippen LogP contribution in [-0.4, -0.2) is 21.6 Å². The van der Waals surface area contributed by atoms with Crippen molar-refractivity contribution in [2.45, 2.75) is 10.9 Å². The van der Waals surface area contributed by atoms with Crippen molar-refractivity contribution >= 4 is 34.0 Å². The van der Waals surface area contributed by atoms with Gasteiger partial charge in [0, 0.05) is 23.7 Å². The molecule has 0 aliphatic heterocycles. The Morgan fingerprint density at radius 3 is 2.85 bits per heavy atom. The molecule has 7 heteroatoms. The van der Waals surface area contributed by atoms with Crippen LogP contribution in [0.3, 0.4) is 0 Å². The summed E-state index contributed by atoms with van der Waals surface area (Å²) >= 11 is 3.11. The van der Waals surface area contributed by atoms with E-state index in [0.29, 0.717) is 16.3 Å². The van der Waals surface area contributed by atoms with Crippen LogP contribution in [0.2, 0.25) is 0 Å². The fourth-order valence-corrected chi connectivity index (χ4v) is 4.51. The maximum atomic E-state index is 12.5. The third-order valence-corrected chi connectivity index (χ3v) is 6.16. The van der Waals surface area contributed by atoms with Crippen LogP contribution in [0.4, 0.5) is 0 Å². The highest BCUT2D eigenvalue weighted by Crippen LogP contribution is 2.29. The molecule has 4 aromatic rings. The SMILES string of the molecule is COc1cccc(-c2nc(CSc3nc4ccccc4c(=O)n3C)cs2)c1. The first-order valence-corrected chi connectivity index (χ1v) is 10.2. The number of ether oxygens (including phenoxy) is 1. The molecule has 2 aromatic carbocycles. The van der Waals surface area contributed by atoms with Gasteiger partial charge in [0.25, 0.3) is 5.56 Å². The first-order chi connectivity index (χ1) is 13.2. The van der Waals surface area contributed by atoms with Crippen LogP contribution in [0, 0.1) is 0 Å². The lowest BCUT2D eigenvalue weighted by Crippen LogP contribution is -2.19. The van der Waals surface area contributed by atoms with E-state index < -0.39 is 0 Å². The van der Waals surface area contributed by atoms with Crippen molar-refractivity contribution in [3.8, 4) is 16.3 Å². The lowest BCUT2D eigenvalue weighted by molar-refractivity contribution is 0.415. The van der Waals surface area contributed by atoms with E-state index in [0.717, 1.165) is 27.5 Å². The molecule has 2 aromatic heterocycles. The van der Waals surface area contributed by atoms with E-state index in [2.05, 4.69) is 4.98 Å². The van der Waals surface area contributed by atoms with Crippen LogP contribution in [-0.2, 0) is 12.8 Å². The molecule has 0 saturated heterocycles. The second-order valence-corrected chi connectivity index (χ2v) is 7.74. The Bertz CT molecular complexity index is 1170. The Hall–Kier alpha value is -2.64. The summed E-state index contributed by atoms with van der Waals surface area (Å²) in [6, 6.07) is 15.3. The topological polar surface area (TPSA) is 57.0 Å². The fraction of sp³-hybridized carbons (Fsp3) is 0.150. The van der Waals surface area contributed by atoms with Crippen molar-refractivity contribution in [3.05, 3.63) is 70.0 Å². The summed E-state index contributed by atoms with van der Waals surface area (Å²) in [5, 5.41) is 4.32. The molecule has 0 spiro atoms. The van der Waals surface area contributed by atoms with Gasteiger partial charge in [-0.3, -0.25) is 9.36 Å². The second kappa shape index (κ2) is 7.54. The minimum Gasteiger partial charge on any atom is -0.497 e. The fourth-order valence-electron chi connectivity index (χ4n) is 2.73. The molecule has 0 radical (unpaired) electrons. The molecule has 0 aliphatic rings. The Kier molecular flexibility index (Phi) is 4.96. The van der Waals surface area contributed by atoms with Crippen molar-refractivity contribution in [3.63, 3.8) is 0 Å². The summed E-state index contributed by atoms with van der Waals surface area (Å²) < 4.78 is 6.88. The van der Waals surface area contributed by atoms with Crippen molar-refractivity contribution in [1.29, 1.82) is 0 Å². The third kappa shape index (κ3) is 3.61. The van der Waals surface area contributed by atoms with E-state index in [-0.39, 0.29) is 5.56 Å². The zero-order chi connectivity index (χ0) is 18.8. The first kappa shape index (κ1) is 17.8. The Morgan fingerprint density at radius 1 is 1.15 bits per heavy atom. The smallest absolute Gasteiger partial charge is 0.261 e. The number of fused-ring (bicyclic) bond motifs is 1. The molecule has 4 rings (SSSR count). The number of para-hydroxylation sites is 1. The monoisotopic (exact) mass is 395 g/mol. The minimum absolute atomic E-state index is 0.0292. The highest BCUT2D eigenvalue weighted by atomic mass is 32.2. The van der Waals surface area contributed by atoms with Crippen molar-refractivity contribution in [2.75, 3.05) is 7.11 Å². The standard InChI is InChI=1S/C20H17N3O2S2/c1-23-19(24)16-8-3-4-9-17(16)22-20(23)27-12-14-11-26-18(21-14)13-6-5-7-15(10-13)25-2/h3-11H,12H2,1-2H3. The second-order valence-electron chi connectivity index (χ2n) is 5.94. The van der Waals surface area contributed by atoms with E-state index in [9.17, 15) is 4.79 Å². The van der Waals surface area contributed by atoms with Crippen LogP contribution in [0.1, 0.15) is 5.69 Å². The van der Waals surface area contributed by atoms with Gasteiger partial charge in [0.1, 0.15) is 10.8 Å². The number of methoxy groups -OCH3 is 1. The van der Waals surface area contributed by atoms with Gasteiger partial charge in [-0.1, -0.05) is 36.0 Å². The highest BCUT2D eigenvalue weighted by molar-refractivity contribution is 7.98. The van der Waals surface area contributed by atoms with Gasteiger partial charge in [0.15, 0.2) is 5.16 Å². The summed E-state index contributed by atoms with van der Waals surface area (Å²) in [4.78, 5) is 21.8. The van der Waals surface area contributed by atoms with Gasteiger partial charge in [-0.2, -0.15) is 0 Å². The van der Waals surface area contributed by atoms with Gasteiger partial charge in [-0.25, -0.2) is 9.97 Å². The molecule has 2 heterocycles. The van der Waals surface area contributed by atoms with Crippen molar-refractivity contribution in [2.24, 2.45) is 7.05 Å². The summed E-state index contributed by atoms with van der Waals surface area (Å²) in [5.74, 6) is 1.47. The average molecular weight is 396 g/mol. The largest absolute Gasteiger partial charge is 0.497 e. The molecule has 0 amide bonds. The van der Waals surface area contributed by atoms with Crippen molar-refractivity contribution in [1.82, 2.24) is 14.5 Å². The van der Waals surface area contributed by atoms with Gasteiger partial charge >= 0.3 is 0 Å². The predicted octanol–water partition coefficient (Wildman–Crippen LogP) is 4.36. The van der Waals surface area contributed by atoms with Gasteiger partial charge in [0.05, 0.1) is 23.7 Å². The Balaban J connectivity index is 1.56. The molecule has 5 nitrogen and oxygen atoms in total. The maximum Gasteiger partial charge on any atom is 0.261 e. The quantitative estimate of drug-likeness (QED) is 0.371. The molecule has 0 unspecified atom stereocenters. The number of benzene rings is 2. The maximum absolute atomic E-state index is 12.5. The summed E-state index contributed by atoms with van der Waals surface area (Å²) in [6.07, 6.45) is 0. The van der Waals surface area contributed by atoms with E-state index in [1.807, 2.05) is 47.8 Å². The van der Waals surface area contributed by atoms with Gasteiger partial charge in [-0.15, -0.1) is 11.3 Å². The summed E-state index contributed by atoms with van der Waals surface area (Å²) in [7, 11) is 3.41. The third-order valence-electron chi connectivity index (χ3n) is 4.16. The van der Waals surface area contributed by atoms with Crippen LogP contribution < -0.4 is 10.3 Å². The van der Waals surface area contributed by atoms with Gasteiger partial charge < -0.3 is 4.74 Å². The summed E-state index contributed by atoms with van der Waals surface area (Å²) in [6.45, 7) is 0. The van der Waals surface area contributed by atoms with Crippen LogP contribution in [0.5, 0.6) is 5.75 Å². The number of hydrogen-bond donors (Lipinski definition) is 0. The molecule has 0 N–H and O–H groups in total. The number of thioether (sulfide) groups is 1. The van der Waals surface area contributed by atoms with E-state index in [1.165, 1.54) is 11.8 Å². The molecule has 0 bridgehead atoms. The van der Waals surface area contributed by atoms with E-state index in [1.54, 1.807) is 36.1 Å². The van der Waals surface area contributed by atoms with Gasteiger partial charge in [-0.05, 0) is 24.3 Å². The number of rotatable bonds is 5. The molecule has 0 aliphatic carbocycles. The van der Waals surface area contributed by atoms with Crippen LogP contribution in [0.15, 0.2) is 63.9 Å². The zero-order valence-electron chi connectivity index (χ0n) is 14.9. The molecule has 0 saturated carbocycles. The number of thiazole rings is 1. The van der Waals surface area contributed by atoms with E-state index >= 15 is 0 Å². The lowest BCUT2D eigenvalue weighted by atomic mass is 10.2. The highest BCUT2D eigenvalue weighted by Gasteiger charge is 2.11. The Labute approximate surface area is 164 Å². The zero-order valence-corrected chi connectivity index (χ0v) is 16.5. The molecular weight excluding hydrogens is 378 g/mol. The molecule has 136 valence electrons. The van der Waals surface area contributed by atoms with Crippen LogP contribution >= 0.6 is 23.1 Å². The Morgan fingerprint density at radius 2 is 2.00 bits per heavy atom. The average Bonchev–Trinajstić information content (AvgIpc) is 3.19. The predicted molar refractivity (Wildman–Crippen MR) is 111 cm³/mol.